The molecule has 0 radical (unpaired) electrons. The van der Waals surface area contributed by atoms with Gasteiger partial charge in [-0.25, -0.2) is 4.79 Å². The van der Waals surface area contributed by atoms with Crippen molar-refractivity contribution in [3.63, 3.8) is 0 Å². The number of hydrogen-bond donors (Lipinski definition) is 1. The molecule has 0 amide bonds. The number of carbonyl (C=O) groups excluding carboxylic acids is 1. The first kappa shape index (κ1) is 11.2. The summed E-state index contributed by atoms with van der Waals surface area (Å²) in [4.78, 5) is 11.2. The summed E-state index contributed by atoms with van der Waals surface area (Å²) in [5, 5.41) is 0. The molecule has 0 aromatic carbocycles. The van der Waals surface area contributed by atoms with Crippen molar-refractivity contribution in [2.24, 2.45) is 0 Å². The Hall–Kier alpha value is -0.900. The molecule has 0 aliphatic rings. The number of hydrogen-bond acceptors (Lipinski definition) is 4. The van der Waals surface area contributed by atoms with Gasteiger partial charge in [-0.3, -0.25) is 0 Å². The van der Waals surface area contributed by atoms with Crippen LogP contribution in [0.25, 0.3) is 0 Å². The summed E-state index contributed by atoms with van der Waals surface area (Å²) in [5.74, 6) is 1.90. The summed E-state index contributed by atoms with van der Waals surface area (Å²) >= 11 is 4.11. The van der Waals surface area contributed by atoms with Crippen LogP contribution >= 0.6 is 12.6 Å². The molecule has 1 rings (SSSR count). The maximum atomic E-state index is 11.2. The molecule has 0 aliphatic carbocycles. The van der Waals surface area contributed by atoms with Gasteiger partial charge in [-0.15, -0.1) is 0 Å². The Bertz CT molecular complexity index is 317. The Balaban J connectivity index is 2.77. The van der Waals surface area contributed by atoms with Crippen LogP contribution < -0.4 is 0 Å². The fourth-order valence-electron chi connectivity index (χ4n) is 1.23. The maximum Gasteiger partial charge on any atom is 0.341 e. The minimum absolute atomic E-state index is 0.344. The minimum Gasteiger partial charge on any atom is -0.465 e. The van der Waals surface area contributed by atoms with Gasteiger partial charge in [0.05, 0.1) is 7.11 Å². The van der Waals surface area contributed by atoms with Crippen LogP contribution in [0.5, 0.6) is 0 Å². The molecule has 0 unspecified atom stereocenters. The van der Waals surface area contributed by atoms with E-state index in [1.54, 1.807) is 13.0 Å². The van der Waals surface area contributed by atoms with E-state index in [2.05, 4.69) is 17.4 Å². The van der Waals surface area contributed by atoms with Crippen molar-refractivity contribution in [3.05, 3.63) is 23.2 Å². The van der Waals surface area contributed by atoms with Crippen LogP contribution in [0.1, 0.15) is 28.3 Å². The number of carbonyl (C=O) groups is 1. The number of ether oxygens (including phenoxy) is 1. The van der Waals surface area contributed by atoms with Gasteiger partial charge in [-0.2, -0.15) is 12.6 Å². The Morgan fingerprint density at radius 3 is 2.93 bits per heavy atom. The third kappa shape index (κ3) is 2.54. The number of methoxy groups -OCH3 is 1. The van der Waals surface area contributed by atoms with E-state index in [0.29, 0.717) is 11.3 Å². The van der Waals surface area contributed by atoms with Crippen LogP contribution in [0.15, 0.2) is 10.5 Å². The van der Waals surface area contributed by atoms with Gasteiger partial charge in [0.25, 0.3) is 0 Å². The predicted octanol–water partition coefficient (Wildman–Crippen LogP) is 2.24. The van der Waals surface area contributed by atoms with Crippen LogP contribution in [0, 0.1) is 6.92 Å². The highest BCUT2D eigenvalue weighted by atomic mass is 32.1. The number of furan rings is 1. The minimum atomic E-state index is -0.344. The van der Waals surface area contributed by atoms with Crippen molar-refractivity contribution in [1.82, 2.24) is 0 Å². The molecule has 1 heterocycles. The van der Waals surface area contributed by atoms with Crippen LogP contribution in [0.3, 0.4) is 0 Å². The molecule has 3 nitrogen and oxygen atoms in total. The Morgan fingerprint density at radius 2 is 2.36 bits per heavy atom. The molecule has 0 bridgehead atoms. The van der Waals surface area contributed by atoms with Gasteiger partial charge in [0.1, 0.15) is 17.1 Å². The summed E-state index contributed by atoms with van der Waals surface area (Å²) in [6, 6.07) is 1.74. The molecule has 0 saturated carbocycles. The van der Waals surface area contributed by atoms with Crippen LogP contribution in [0.4, 0.5) is 0 Å². The molecule has 1 aromatic rings. The van der Waals surface area contributed by atoms with E-state index in [9.17, 15) is 4.79 Å². The normalized spacial score (nSPS) is 10.2. The Morgan fingerprint density at radius 1 is 1.64 bits per heavy atom. The van der Waals surface area contributed by atoms with Crippen molar-refractivity contribution in [2.45, 2.75) is 19.8 Å². The number of aryl methyl sites for hydroxylation is 2. The molecule has 1 aromatic heterocycles. The quantitative estimate of drug-likeness (QED) is 0.617. The molecule has 14 heavy (non-hydrogen) atoms. The van der Waals surface area contributed by atoms with E-state index in [4.69, 9.17) is 4.42 Å². The first-order valence-electron chi connectivity index (χ1n) is 4.47. The highest BCUT2D eigenvalue weighted by molar-refractivity contribution is 7.80. The molecule has 0 fully saturated rings. The van der Waals surface area contributed by atoms with Gasteiger partial charge in [-0.1, -0.05) is 0 Å². The average molecular weight is 214 g/mol. The lowest BCUT2D eigenvalue weighted by atomic mass is 10.2. The van der Waals surface area contributed by atoms with E-state index < -0.39 is 0 Å². The molecule has 0 saturated heterocycles. The van der Waals surface area contributed by atoms with Crippen molar-refractivity contribution in [3.8, 4) is 0 Å². The van der Waals surface area contributed by atoms with Gasteiger partial charge in [-0.05, 0) is 25.2 Å². The molecule has 4 heteroatoms. The van der Waals surface area contributed by atoms with Crippen LogP contribution in [-0.2, 0) is 11.2 Å². The first-order valence-corrected chi connectivity index (χ1v) is 5.10. The molecule has 0 spiro atoms. The smallest absolute Gasteiger partial charge is 0.341 e. The second kappa shape index (κ2) is 5.10. The molecule has 0 atom stereocenters. The van der Waals surface area contributed by atoms with Gasteiger partial charge >= 0.3 is 5.97 Å². The largest absolute Gasteiger partial charge is 0.465 e. The standard InChI is InChI=1S/C10H14O3S/c1-7-9(10(11)12-2)6-8(13-7)4-3-5-14/h6,14H,3-5H2,1-2H3. The van der Waals surface area contributed by atoms with E-state index in [-0.39, 0.29) is 5.97 Å². The third-order valence-corrected chi connectivity index (χ3v) is 2.27. The van der Waals surface area contributed by atoms with E-state index in [1.807, 2.05) is 0 Å². The first-order chi connectivity index (χ1) is 6.69. The van der Waals surface area contributed by atoms with Gasteiger partial charge in [0, 0.05) is 6.42 Å². The molecule has 78 valence electrons. The maximum absolute atomic E-state index is 11.2. The van der Waals surface area contributed by atoms with E-state index >= 15 is 0 Å². The summed E-state index contributed by atoms with van der Waals surface area (Å²) in [7, 11) is 1.36. The zero-order valence-electron chi connectivity index (χ0n) is 8.37. The lowest BCUT2D eigenvalue weighted by Gasteiger charge is -1.93. The zero-order chi connectivity index (χ0) is 10.6. The Labute approximate surface area is 88.8 Å². The van der Waals surface area contributed by atoms with Crippen LogP contribution in [-0.4, -0.2) is 18.8 Å². The summed E-state index contributed by atoms with van der Waals surface area (Å²) < 4.78 is 10.0. The predicted molar refractivity (Wildman–Crippen MR) is 57.0 cm³/mol. The highest BCUT2D eigenvalue weighted by Gasteiger charge is 2.14. The Kier molecular flexibility index (Phi) is 4.07. The molecule has 0 N–H and O–H groups in total. The van der Waals surface area contributed by atoms with Crippen molar-refractivity contribution >= 4 is 18.6 Å². The van der Waals surface area contributed by atoms with E-state index in [1.165, 1.54) is 7.11 Å². The monoisotopic (exact) mass is 214 g/mol. The van der Waals surface area contributed by atoms with Crippen molar-refractivity contribution < 1.29 is 13.9 Å². The summed E-state index contributed by atoms with van der Waals surface area (Å²) in [5.41, 5.74) is 0.515. The topological polar surface area (TPSA) is 39.4 Å². The number of thiol groups is 1. The third-order valence-electron chi connectivity index (χ3n) is 1.96. The molecular weight excluding hydrogens is 200 g/mol. The summed E-state index contributed by atoms with van der Waals surface area (Å²) in [6.07, 6.45) is 1.75. The van der Waals surface area contributed by atoms with Crippen molar-refractivity contribution in [2.75, 3.05) is 12.9 Å². The van der Waals surface area contributed by atoms with Gasteiger partial charge in [0.15, 0.2) is 0 Å². The molecular formula is C10H14O3S. The lowest BCUT2D eigenvalue weighted by molar-refractivity contribution is 0.0599. The second-order valence-electron chi connectivity index (χ2n) is 3.00. The van der Waals surface area contributed by atoms with Crippen molar-refractivity contribution in [1.29, 1.82) is 0 Å². The second-order valence-corrected chi connectivity index (χ2v) is 3.45. The van der Waals surface area contributed by atoms with E-state index in [0.717, 1.165) is 24.4 Å². The lowest BCUT2D eigenvalue weighted by Crippen LogP contribution is -2.00. The van der Waals surface area contributed by atoms with Crippen LogP contribution in [0.2, 0.25) is 0 Å². The SMILES string of the molecule is COC(=O)c1cc(CCCS)oc1C. The fourth-order valence-corrected chi connectivity index (χ4v) is 1.39. The van der Waals surface area contributed by atoms with Gasteiger partial charge in [0.2, 0.25) is 0 Å². The fraction of sp³-hybridized carbons (Fsp3) is 0.500. The zero-order valence-corrected chi connectivity index (χ0v) is 9.27. The summed E-state index contributed by atoms with van der Waals surface area (Å²) in [6.45, 7) is 1.76. The number of esters is 1. The average Bonchev–Trinajstić information content (AvgIpc) is 2.55. The molecule has 0 aliphatic heterocycles. The highest BCUT2D eigenvalue weighted by Crippen LogP contribution is 2.16. The van der Waals surface area contributed by atoms with Gasteiger partial charge < -0.3 is 9.15 Å². The number of rotatable bonds is 4.